The molecule has 10 rings (SSSR count). The van der Waals surface area contributed by atoms with Gasteiger partial charge in [0.05, 0.1) is 22.2 Å². The third-order valence-corrected chi connectivity index (χ3v) is 10.3. The van der Waals surface area contributed by atoms with E-state index in [1.165, 1.54) is 88.0 Å². The van der Waals surface area contributed by atoms with Crippen LogP contribution < -0.4 is 0 Å². The first-order chi connectivity index (χ1) is 23.3. The lowest BCUT2D eigenvalue weighted by atomic mass is 9.89. The number of benzene rings is 7. The Morgan fingerprint density at radius 1 is 0.532 bits per heavy atom. The van der Waals surface area contributed by atoms with Crippen LogP contribution in [0.5, 0.6) is 0 Å². The van der Waals surface area contributed by atoms with Crippen molar-refractivity contribution in [3.8, 4) is 22.5 Å². The molecule has 0 fully saturated rings. The van der Waals surface area contributed by atoms with Crippen LogP contribution >= 0.6 is 0 Å². The van der Waals surface area contributed by atoms with Crippen molar-refractivity contribution in [2.45, 2.75) is 19.3 Å². The van der Waals surface area contributed by atoms with E-state index in [2.05, 4.69) is 174 Å². The van der Waals surface area contributed by atoms with Crippen molar-refractivity contribution in [1.29, 1.82) is 0 Å². The second-order valence-corrected chi connectivity index (χ2v) is 13.0. The average molecular weight is 601 g/mol. The van der Waals surface area contributed by atoms with Gasteiger partial charge in [0.1, 0.15) is 0 Å². The summed E-state index contributed by atoms with van der Waals surface area (Å²) in [6.07, 6.45) is 5.72. The van der Waals surface area contributed by atoms with E-state index in [4.69, 9.17) is 0 Å². The third kappa shape index (κ3) is 3.79. The first kappa shape index (κ1) is 26.4. The van der Waals surface area contributed by atoms with E-state index in [-0.39, 0.29) is 0 Å². The van der Waals surface area contributed by atoms with Crippen molar-refractivity contribution in [2.24, 2.45) is 0 Å². The Balaban J connectivity index is 1.37. The minimum absolute atomic E-state index is 0.437. The second kappa shape index (κ2) is 10.1. The van der Waals surface area contributed by atoms with Gasteiger partial charge in [-0.25, -0.2) is 0 Å². The van der Waals surface area contributed by atoms with Crippen LogP contribution in [-0.4, -0.2) is 9.13 Å². The Morgan fingerprint density at radius 2 is 1.23 bits per heavy atom. The van der Waals surface area contributed by atoms with Crippen molar-refractivity contribution in [2.75, 3.05) is 0 Å². The van der Waals surface area contributed by atoms with Gasteiger partial charge in [0, 0.05) is 38.5 Å². The number of fused-ring (bicyclic) bond motifs is 8. The first-order valence-corrected chi connectivity index (χ1v) is 16.6. The normalized spacial score (nSPS) is 14.5. The highest BCUT2D eigenvalue weighted by Gasteiger charge is 2.25. The molecule has 0 saturated heterocycles. The molecule has 7 aromatic carbocycles. The van der Waals surface area contributed by atoms with Crippen LogP contribution in [0.2, 0.25) is 0 Å². The minimum atomic E-state index is 0.437. The maximum Gasteiger partial charge on any atom is 0.0626 e. The second-order valence-electron chi connectivity index (χ2n) is 13.0. The zero-order valence-electron chi connectivity index (χ0n) is 26.2. The molecule has 2 aromatic heterocycles. The highest BCUT2D eigenvalue weighted by atomic mass is 15.0. The summed E-state index contributed by atoms with van der Waals surface area (Å²) in [6, 6.07) is 53.7. The molecular formula is C45H32N2. The molecule has 0 spiro atoms. The van der Waals surface area contributed by atoms with Gasteiger partial charge in [-0.05, 0) is 88.2 Å². The van der Waals surface area contributed by atoms with E-state index < -0.39 is 0 Å². The van der Waals surface area contributed by atoms with Gasteiger partial charge in [0.25, 0.3) is 0 Å². The summed E-state index contributed by atoms with van der Waals surface area (Å²) in [7, 11) is 0. The van der Waals surface area contributed by atoms with E-state index in [0.29, 0.717) is 5.92 Å². The Labute approximate surface area is 273 Å². The van der Waals surface area contributed by atoms with E-state index in [1.807, 2.05) is 0 Å². The quantitative estimate of drug-likeness (QED) is 0.191. The highest BCUT2D eigenvalue weighted by molar-refractivity contribution is 6.22. The van der Waals surface area contributed by atoms with Crippen molar-refractivity contribution in [3.05, 3.63) is 163 Å². The van der Waals surface area contributed by atoms with E-state index in [1.54, 1.807) is 0 Å². The summed E-state index contributed by atoms with van der Waals surface area (Å²) >= 11 is 0. The molecule has 2 heteroatoms. The van der Waals surface area contributed by atoms with Gasteiger partial charge in [0.2, 0.25) is 0 Å². The molecule has 0 saturated carbocycles. The molecule has 0 amide bonds. The third-order valence-electron chi connectivity index (χ3n) is 10.3. The van der Waals surface area contributed by atoms with Gasteiger partial charge < -0.3 is 9.13 Å². The summed E-state index contributed by atoms with van der Waals surface area (Å²) in [5.41, 5.74) is 11.4. The Bertz CT molecular complexity index is 2710. The van der Waals surface area contributed by atoms with Gasteiger partial charge in [-0.15, -0.1) is 0 Å². The van der Waals surface area contributed by atoms with Gasteiger partial charge in [-0.2, -0.15) is 0 Å². The largest absolute Gasteiger partial charge is 0.310 e. The standard InChI is InChI=1S/C45H32N2/c1-29-13-11-24-42-43(29)38-28-32(25-26-41(38)46(42)33-17-3-2-4-18-33)44-35-20-8-6-15-31(35)27-37-36-21-9-10-22-40(36)47(45(37)44)39-23-12-16-30-14-5-7-19-34(30)39/h2-12,14-29H,13H2,1H3. The first-order valence-electron chi connectivity index (χ1n) is 16.6. The van der Waals surface area contributed by atoms with Gasteiger partial charge >= 0.3 is 0 Å². The van der Waals surface area contributed by atoms with Gasteiger partial charge in [-0.1, -0.05) is 116 Å². The van der Waals surface area contributed by atoms with Crippen LogP contribution in [0.1, 0.15) is 30.5 Å². The molecule has 9 aromatic rings. The predicted octanol–water partition coefficient (Wildman–Crippen LogP) is 12.2. The number of aromatic nitrogens is 2. The lowest BCUT2D eigenvalue weighted by Crippen LogP contribution is -2.02. The number of allylic oxidation sites excluding steroid dienone is 1. The molecule has 2 nitrogen and oxygen atoms in total. The van der Waals surface area contributed by atoms with Gasteiger partial charge in [-0.3, -0.25) is 0 Å². The van der Waals surface area contributed by atoms with Crippen LogP contribution in [0.3, 0.4) is 0 Å². The van der Waals surface area contributed by atoms with Crippen LogP contribution in [0.15, 0.2) is 152 Å². The smallest absolute Gasteiger partial charge is 0.0626 e. The molecule has 2 heterocycles. The molecule has 1 aliphatic rings. The summed E-state index contributed by atoms with van der Waals surface area (Å²) in [5, 5.41) is 8.92. The van der Waals surface area contributed by atoms with E-state index in [9.17, 15) is 0 Å². The number of rotatable bonds is 3. The fraction of sp³-hybridized carbons (Fsp3) is 0.0667. The zero-order chi connectivity index (χ0) is 31.1. The van der Waals surface area contributed by atoms with Crippen LogP contribution in [0, 0.1) is 0 Å². The molecule has 222 valence electrons. The highest BCUT2D eigenvalue weighted by Crippen LogP contribution is 2.46. The molecule has 1 aliphatic carbocycles. The monoisotopic (exact) mass is 600 g/mol. The lowest BCUT2D eigenvalue weighted by Gasteiger charge is -2.17. The molecule has 1 atom stereocenters. The average Bonchev–Trinajstić information content (AvgIpc) is 3.63. The van der Waals surface area contributed by atoms with E-state index >= 15 is 0 Å². The number of hydrogen-bond acceptors (Lipinski definition) is 0. The lowest BCUT2D eigenvalue weighted by molar-refractivity contribution is 0.773. The number of hydrogen-bond donors (Lipinski definition) is 0. The van der Waals surface area contributed by atoms with Crippen molar-refractivity contribution < 1.29 is 0 Å². The maximum atomic E-state index is 2.52. The summed E-state index contributed by atoms with van der Waals surface area (Å²) < 4.78 is 4.97. The molecule has 0 bridgehead atoms. The zero-order valence-corrected chi connectivity index (χ0v) is 26.2. The fourth-order valence-electron chi connectivity index (χ4n) is 8.27. The number of nitrogens with zero attached hydrogens (tertiary/aromatic N) is 2. The van der Waals surface area contributed by atoms with Crippen LogP contribution in [0.4, 0.5) is 0 Å². The number of para-hydroxylation sites is 2. The Morgan fingerprint density at radius 3 is 2.11 bits per heavy atom. The summed E-state index contributed by atoms with van der Waals surface area (Å²) in [6.45, 7) is 2.37. The van der Waals surface area contributed by atoms with Crippen LogP contribution in [-0.2, 0) is 0 Å². The maximum absolute atomic E-state index is 2.52. The molecule has 0 aliphatic heterocycles. The SMILES string of the molecule is CC1CC=Cc2c1c1cc(-c3c4ccccc4cc4c5ccccc5n(-c5cccc6ccccc56)c34)ccc1n2-c1ccccc1. The molecule has 0 N–H and O–H groups in total. The molecule has 0 radical (unpaired) electrons. The van der Waals surface area contributed by atoms with E-state index in [0.717, 1.165) is 6.42 Å². The predicted molar refractivity (Wildman–Crippen MR) is 200 cm³/mol. The van der Waals surface area contributed by atoms with Gasteiger partial charge in [0.15, 0.2) is 0 Å². The molecule has 47 heavy (non-hydrogen) atoms. The summed E-state index contributed by atoms with van der Waals surface area (Å²) in [5.74, 6) is 0.437. The Kier molecular flexibility index (Phi) is 5.65. The van der Waals surface area contributed by atoms with Crippen LogP contribution in [0.25, 0.3) is 82.8 Å². The van der Waals surface area contributed by atoms with Crippen molar-refractivity contribution in [1.82, 2.24) is 9.13 Å². The van der Waals surface area contributed by atoms with Crippen molar-refractivity contribution >= 4 is 60.3 Å². The topological polar surface area (TPSA) is 9.86 Å². The molecular weight excluding hydrogens is 569 g/mol. The minimum Gasteiger partial charge on any atom is -0.310 e. The molecule has 1 unspecified atom stereocenters. The fourth-order valence-corrected chi connectivity index (χ4v) is 8.27. The summed E-state index contributed by atoms with van der Waals surface area (Å²) in [4.78, 5) is 0. The van der Waals surface area contributed by atoms with Crippen molar-refractivity contribution in [3.63, 3.8) is 0 Å². The Hall–Kier alpha value is -5.86.